The van der Waals surface area contributed by atoms with Crippen LogP contribution in [0.4, 0.5) is 0 Å². The van der Waals surface area contributed by atoms with E-state index in [9.17, 15) is 0 Å². The van der Waals surface area contributed by atoms with Crippen molar-refractivity contribution in [3.63, 3.8) is 0 Å². The van der Waals surface area contributed by atoms with Gasteiger partial charge in [-0.1, -0.05) is 34.6 Å². The van der Waals surface area contributed by atoms with Gasteiger partial charge in [0.1, 0.15) is 0 Å². The molecule has 0 aliphatic rings. The van der Waals surface area contributed by atoms with Crippen molar-refractivity contribution in [2.24, 2.45) is 11.8 Å². The first-order valence-corrected chi connectivity index (χ1v) is 7.41. The Bertz CT molecular complexity index is 156. The fourth-order valence-electron chi connectivity index (χ4n) is 2.36. The van der Waals surface area contributed by atoms with E-state index in [2.05, 4.69) is 51.8 Å². The zero-order chi connectivity index (χ0) is 13.3. The molecule has 0 saturated carbocycles. The van der Waals surface area contributed by atoms with Crippen LogP contribution in [0.15, 0.2) is 0 Å². The Morgan fingerprint density at radius 2 is 1.47 bits per heavy atom. The molecule has 17 heavy (non-hydrogen) atoms. The fourth-order valence-corrected chi connectivity index (χ4v) is 2.36. The quantitative estimate of drug-likeness (QED) is 0.632. The van der Waals surface area contributed by atoms with Gasteiger partial charge in [0.2, 0.25) is 0 Å². The van der Waals surface area contributed by atoms with Crippen LogP contribution in [-0.2, 0) is 0 Å². The topological polar surface area (TPSA) is 15.3 Å². The van der Waals surface area contributed by atoms with Gasteiger partial charge in [-0.2, -0.15) is 0 Å². The van der Waals surface area contributed by atoms with Gasteiger partial charge in [0.25, 0.3) is 0 Å². The van der Waals surface area contributed by atoms with E-state index in [0.29, 0.717) is 6.04 Å². The summed E-state index contributed by atoms with van der Waals surface area (Å²) in [5, 5.41) is 3.48. The zero-order valence-corrected chi connectivity index (χ0v) is 12.9. The van der Waals surface area contributed by atoms with E-state index in [4.69, 9.17) is 0 Å². The SMILES string of the molecule is CCNC(C)CCCN(CC(C)C)CC(C)C. The number of hydrogen-bond acceptors (Lipinski definition) is 2. The van der Waals surface area contributed by atoms with Crippen molar-refractivity contribution in [2.45, 2.75) is 60.4 Å². The third kappa shape index (κ3) is 10.8. The Kier molecular flexibility index (Phi) is 9.85. The molecule has 0 bridgehead atoms. The van der Waals surface area contributed by atoms with E-state index in [-0.39, 0.29) is 0 Å². The van der Waals surface area contributed by atoms with E-state index < -0.39 is 0 Å². The smallest absolute Gasteiger partial charge is 0.00390 e. The van der Waals surface area contributed by atoms with E-state index >= 15 is 0 Å². The van der Waals surface area contributed by atoms with Gasteiger partial charge in [-0.25, -0.2) is 0 Å². The maximum atomic E-state index is 3.48. The molecule has 0 radical (unpaired) electrons. The second kappa shape index (κ2) is 9.90. The predicted octanol–water partition coefficient (Wildman–Crippen LogP) is 3.38. The minimum absolute atomic E-state index is 0.667. The van der Waals surface area contributed by atoms with Crippen molar-refractivity contribution in [1.82, 2.24) is 10.2 Å². The van der Waals surface area contributed by atoms with Gasteiger partial charge in [0.15, 0.2) is 0 Å². The first-order valence-electron chi connectivity index (χ1n) is 7.41. The van der Waals surface area contributed by atoms with Crippen molar-refractivity contribution in [2.75, 3.05) is 26.2 Å². The lowest BCUT2D eigenvalue weighted by molar-refractivity contribution is 0.213. The lowest BCUT2D eigenvalue weighted by Gasteiger charge is -2.26. The van der Waals surface area contributed by atoms with Gasteiger partial charge >= 0.3 is 0 Å². The highest BCUT2D eigenvalue weighted by Crippen LogP contribution is 2.06. The van der Waals surface area contributed by atoms with Crippen molar-refractivity contribution in [3.8, 4) is 0 Å². The second-order valence-corrected chi connectivity index (χ2v) is 6.15. The first kappa shape index (κ1) is 16.9. The highest BCUT2D eigenvalue weighted by molar-refractivity contribution is 4.65. The van der Waals surface area contributed by atoms with Crippen LogP contribution in [0.2, 0.25) is 0 Å². The molecule has 0 rings (SSSR count). The molecular formula is C15H34N2. The molecule has 0 aromatic rings. The van der Waals surface area contributed by atoms with Crippen molar-refractivity contribution in [1.29, 1.82) is 0 Å². The fraction of sp³-hybridized carbons (Fsp3) is 1.00. The molecule has 2 nitrogen and oxygen atoms in total. The average molecular weight is 242 g/mol. The largest absolute Gasteiger partial charge is 0.315 e. The minimum atomic E-state index is 0.667. The standard InChI is InChI=1S/C15H34N2/c1-7-16-15(6)9-8-10-17(11-13(2)3)12-14(4)5/h13-16H,7-12H2,1-6H3. The number of nitrogens with one attached hydrogen (secondary N) is 1. The molecule has 2 heteroatoms. The molecule has 0 aliphatic carbocycles. The molecule has 1 atom stereocenters. The summed E-state index contributed by atoms with van der Waals surface area (Å²) < 4.78 is 0. The van der Waals surface area contributed by atoms with Crippen LogP contribution in [0, 0.1) is 11.8 Å². The van der Waals surface area contributed by atoms with Crippen molar-refractivity contribution < 1.29 is 0 Å². The maximum absolute atomic E-state index is 3.48. The third-order valence-corrected chi connectivity index (χ3v) is 2.91. The summed E-state index contributed by atoms with van der Waals surface area (Å²) in [5.74, 6) is 1.56. The van der Waals surface area contributed by atoms with Crippen molar-refractivity contribution in [3.05, 3.63) is 0 Å². The number of rotatable bonds is 10. The molecule has 0 fully saturated rings. The van der Waals surface area contributed by atoms with Crippen LogP contribution in [-0.4, -0.2) is 37.1 Å². The maximum Gasteiger partial charge on any atom is 0.00390 e. The van der Waals surface area contributed by atoms with Crippen LogP contribution in [0.25, 0.3) is 0 Å². The summed E-state index contributed by atoms with van der Waals surface area (Å²) in [4.78, 5) is 2.63. The van der Waals surface area contributed by atoms with Gasteiger partial charge in [0.05, 0.1) is 0 Å². The summed E-state index contributed by atoms with van der Waals surface area (Å²) in [5.41, 5.74) is 0. The van der Waals surface area contributed by atoms with Gasteiger partial charge in [0, 0.05) is 19.1 Å². The molecule has 0 heterocycles. The summed E-state index contributed by atoms with van der Waals surface area (Å²) >= 11 is 0. The van der Waals surface area contributed by atoms with E-state index in [1.807, 2.05) is 0 Å². The molecule has 1 unspecified atom stereocenters. The van der Waals surface area contributed by atoms with Crippen molar-refractivity contribution >= 4 is 0 Å². The Labute approximate surface area is 109 Å². The third-order valence-electron chi connectivity index (χ3n) is 2.91. The Morgan fingerprint density at radius 3 is 1.88 bits per heavy atom. The minimum Gasteiger partial charge on any atom is -0.315 e. The Morgan fingerprint density at radius 1 is 0.941 bits per heavy atom. The van der Waals surface area contributed by atoms with Crippen LogP contribution in [0.5, 0.6) is 0 Å². The van der Waals surface area contributed by atoms with Gasteiger partial charge in [-0.05, 0) is 44.7 Å². The molecule has 104 valence electrons. The van der Waals surface area contributed by atoms with Gasteiger partial charge in [-0.15, -0.1) is 0 Å². The highest BCUT2D eigenvalue weighted by Gasteiger charge is 2.09. The average Bonchev–Trinajstić information content (AvgIpc) is 2.15. The molecule has 0 spiro atoms. The molecular weight excluding hydrogens is 208 g/mol. The van der Waals surface area contributed by atoms with E-state index in [0.717, 1.165) is 18.4 Å². The summed E-state index contributed by atoms with van der Waals surface area (Å²) in [6, 6.07) is 0.667. The van der Waals surface area contributed by atoms with Gasteiger partial charge < -0.3 is 10.2 Å². The molecule has 0 amide bonds. The second-order valence-electron chi connectivity index (χ2n) is 6.15. The summed E-state index contributed by atoms with van der Waals surface area (Å²) in [6.45, 7) is 18.6. The Hall–Kier alpha value is -0.0800. The molecule has 1 N–H and O–H groups in total. The number of nitrogens with zero attached hydrogens (tertiary/aromatic N) is 1. The first-order chi connectivity index (χ1) is 7.95. The zero-order valence-electron chi connectivity index (χ0n) is 12.9. The van der Waals surface area contributed by atoms with Crippen LogP contribution in [0.1, 0.15) is 54.4 Å². The molecule has 0 aromatic heterocycles. The molecule has 0 aliphatic heterocycles. The van der Waals surface area contributed by atoms with E-state index in [1.54, 1.807) is 0 Å². The predicted molar refractivity (Wildman–Crippen MR) is 78.5 cm³/mol. The molecule has 0 aromatic carbocycles. The normalized spacial score (nSPS) is 13.9. The molecule has 0 saturated heterocycles. The number of hydrogen-bond donors (Lipinski definition) is 1. The van der Waals surface area contributed by atoms with Gasteiger partial charge in [-0.3, -0.25) is 0 Å². The summed E-state index contributed by atoms with van der Waals surface area (Å²) in [6.07, 6.45) is 2.61. The summed E-state index contributed by atoms with van der Waals surface area (Å²) in [7, 11) is 0. The lowest BCUT2D eigenvalue weighted by Crippen LogP contribution is -2.33. The van der Waals surface area contributed by atoms with Crippen LogP contribution >= 0.6 is 0 Å². The monoisotopic (exact) mass is 242 g/mol. The van der Waals surface area contributed by atoms with Crippen LogP contribution < -0.4 is 5.32 Å². The Balaban J connectivity index is 3.82. The lowest BCUT2D eigenvalue weighted by atomic mass is 10.1. The van der Waals surface area contributed by atoms with Crippen LogP contribution in [0.3, 0.4) is 0 Å². The van der Waals surface area contributed by atoms with E-state index in [1.165, 1.54) is 32.5 Å². The highest BCUT2D eigenvalue weighted by atomic mass is 15.1.